The number of nitro benzene ring substituents is 1. The Morgan fingerprint density at radius 2 is 2.14 bits per heavy atom. The molecule has 1 saturated carbocycles. The van der Waals surface area contributed by atoms with Gasteiger partial charge in [-0.3, -0.25) is 10.1 Å². The molecule has 1 N–H and O–H groups in total. The summed E-state index contributed by atoms with van der Waals surface area (Å²) in [4.78, 5) is 10.5. The number of non-ortho nitro benzene ring substituents is 1. The Balaban J connectivity index is 1.96. The first-order chi connectivity index (χ1) is 10.1. The van der Waals surface area contributed by atoms with Gasteiger partial charge in [-0.2, -0.15) is 0 Å². The second-order valence-electron chi connectivity index (χ2n) is 6.22. The maximum atomic E-state index is 10.9. The lowest BCUT2D eigenvalue weighted by Crippen LogP contribution is -2.31. The lowest BCUT2D eigenvalue weighted by atomic mass is 9.97. The zero-order valence-electron chi connectivity index (χ0n) is 13.0. The summed E-state index contributed by atoms with van der Waals surface area (Å²) in [6.45, 7) is 4.38. The van der Waals surface area contributed by atoms with Gasteiger partial charge in [0.25, 0.3) is 5.69 Å². The molecule has 3 atom stereocenters. The van der Waals surface area contributed by atoms with E-state index < -0.39 is 0 Å². The maximum absolute atomic E-state index is 10.9. The molecule has 0 saturated heterocycles. The molecule has 4 nitrogen and oxygen atoms in total. The number of nitrogens with zero attached hydrogens (tertiary/aromatic N) is 1. The number of benzene rings is 1. The Labute approximate surface area is 127 Å². The summed E-state index contributed by atoms with van der Waals surface area (Å²) < 4.78 is 0. The van der Waals surface area contributed by atoms with Gasteiger partial charge in [0, 0.05) is 24.2 Å². The Bertz CT molecular complexity index is 476. The van der Waals surface area contributed by atoms with Crippen LogP contribution in [0.25, 0.3) is 0 Å². The van der Waals surface area contributed by atoms with Crippen molar-refractivity contribution in [1.82, 2.24) is 5.32 Å². The molecule has 0 spiro atoms. The van der Waals surface area contributed by atoms with Crippen LogP contribution in [-0.2, 0) is 0 Å². The van der Waals surface area contributed by atoms with E-state index >= 15 is 0 Å². The second-order valence-corrected chi connectivity index (χ2v) is 6.22. The van der Waals surface area contributed by atoms with Gasteiger partial charge in [0.05, 0.1) is 4.92 Å². The van der Waals surface area contributed by atoms with E-state index in [0.717, 1.165) is 11.5 Å². The molecule has 0 heterocycles. The van der Waals surface area contributed by atoms with Crippen molar-refractivity contribution in [2.75, 3.05) is 0 Å². The lowest BCUT2D eigenvalue weighted by Gasteiger charge is -2.22. The predicted octanol–water partition coefficient (Wildman–Crippen LogP) is 4.60. The molecule has 0 radical (unpaired) electrons. The van der Waals surface area contributed by atoms with Crippen molar-refractivity contribution in [2.24, 2.45) is 5.92 Å². The normalized spacial score (nSPS) is 24.3. The average molecular weight is 290 g/mol. The molecular weight excluding hydrogens is 264 g/mol. The van der Waals surface area contributed by atoms with Gasteiger partial charge < -0.3 is 5.32 Å². The summed E-state index contributed by atoms with van der Waals surface area (Å²) in [5.41, 5.74) is 1.17. The van der Waals surface area contributed by atoms with E-state index in [1.54, 1.807) is 18.2 Å². The van der Waals surface area contributed by atoms with E-state index in [0.29, 0.717) is 6.04 Å². The van der Waals surface area contributed by atoms with Gasteiger partial charge in [-0.15, -0.1) is 0 Å². The van der Waals surface area contributed by atoms with Crippen LogP contribution in [0.15, 0.2) is 24.3 Å². The second kappa shape index (κ2) is 7.55. The third-order valence-corrected chi connectivity index (χ3v) is 4.73. The summed E-state index contributed by atoms with van der Waals surface area (Å²) in [5, 5.41) is 14.5. The Morgan fingerprint density at radius 1 is 1.33 bits per heavy atom. The average Bonchev–Trinajstić information content (AvgIpc) is 2.72. The first-order valence-electron chi connectivity index (χ1n) is 8.10. The summed E-state index contributed by atoms with van der Waals surface area (Å²) in [6, 6.07) is 7.67. The fraction of sp³-hybridized carbons (Fsp3) is 0.647. The van der Waals surface area contributed by atoms with Crippen LogP contribution in [0.3, 0.4) is 0 Å². The van der Waals surface area contributed by atoms with Crippen LogP contribution in [0.2, 0.25) is 0 Å². The van der Waals surface area contributed by atoms with Gasteiger partial charge in [0.2, 0.25) is 0 Å². The van der Waals surface area contributed by atoms with Gasteiger partial charge in [0.15, 0.2) is 0 Å². The van der Waals surface area contributed by atoms with E-state index in [9.17, 15) is 10.1 Å². The lowest BCUT2D eigenvalue weighted by molar-refractivity contribution is -0.384. The summed E-state index contributed by atoms with van der Waals surface area (Å²) in [6.07, 6.45) is 7.66. The molecule has 1 aliphatic carbocycles. The molecule has 0 aromatic heterocycles. The Kier molecular flexibility index (Phi) is 5.74. The van der Waals surface area contributed by atoms with Gasteiger partial charge in [-0.05, 0) is 37.7 Å². The fourth-order valence-electron chi connectivity index (χ4n) is 3.31. The molecule has 1 aromatic rings. The van der Waals surface area contributed by atoms with Crippen molar-refractivity contribution >= 4 is 5.69 Å². The van der Waals surface area contributed by atoms with Crippen molar-refractivity contribution < 1.29 is 4.92 Å². The number of hydrogen-bond acceptors (Lipinski definition) is 3. The monoisotopic (exact) mass is 290 g/mol. The number of rotatable bonds is 5. The summed E-state index contributed by atoms with van der Waals surface area (Å²) in [5.74, 6) is 0.880. The van der Waals surface area contributed by atoms with Crippen molar-refractivity contribution in [3.8, 4) is 0 Å². The first-order valence-corrected chi connectivity index (χ1v) is 8.10. The van der Waals surface area contributed by atoms with E-state index in [1.807, 2.05) is 6.07 Å². The molecule has 0 aliphatic heterocycles. The van der Waals surface area contributed by atoms with Gasteiger partial charge in [0.1, 0.15) is 0 Å². The van der Waals surface area contributed by atoms with Crippen molar-refractivity contribution in [1.29, 1.82) is 0 Å². The molecule has 0 bridgehead atoms. The van der Waals surface area contributed by atoms with E-state index in [-0.39, 0.29) is 16.7 Å². The summed E-state index contributed by atoms with van der Waals surface area (Å²) >= 11 is 0. The smallest absolute Gasteiger partial charge is 0.269 e. The Hall–Kier alpha value is -1.42. The molecule has 4 heteroatoms. The third kappa shape index (κ3) is 4.53. The zero-order chi connectivity index (χ0) is 15.2. The van der Waals surface area contributed by atoms with Crippen LogP contribution in [0.1, 0.15) is 64.0 Å². The van der Waals surface area contributed by atoms with Crippen molar-refractivity contribution in [3.63, 3.8) is 0 Å². The standard InChI is InChI=1S/C17H26N2O2/c1-3-14-6-4-8-16(11-10-14)18-13(2)15-7-5-9-17(12-15)19(20)21/h5,7,9,12-14,16,18H,3-4,6,8,10-11H2,1-2H3. The molecule has 2 rings (SSSR count). The largest absolute Gasteiger partial charge is 0.307 e. The van der Waals surface area contributed by atoms with Crippen LogP contribution in [0, 0.1) is 16.0 Å². The van der Waals surface area contributed by atoms with Gasteiger partial charge in [-0.25, -0.2) is 0 Å². The highest BCUT2D eigenvalue weighted by molar-refractivity contribution is 5.35. The molecule has 116 valence electrons. The van der Waals surface area contributed by atoms with E-state index in [2.05, 4.69) is 19.2 Å². The van der Waals surface area contributed by atoms with Gasteiger partial charge >= 0.3 is 0 Å². The third-order valence-electron chi connectivity index (χ3n) is 4.73. The minimum absolute atomic E-state index is 0.160. The first kappa shape index (κ1) is 16.0. The van der Waals surface area contributed by atoms with Crippen LogP contribution < -0.4 is 5.32 Å². The quantitative estimate of drug-likeness (QED) is 0.489. The SMILES string of the molecule is CCC1CCCC(NC(C)c2cccc([N+](=O)[O-])c2)CC1. The van der Waals surface area contributed by atoms with Crippen LogP contribution in [0.5, 0.6) is 0 Å². The molecule has 1 fully saturated rings. The minimum Gasteiger partial charge on any atom is -0.307 e. The van der Waals surface area contributed by atoms with Crippen LogP contribution in [-0.4, -0.2) is 11.0 Å². The molecule has 1 aliphatic rings. The molecule has 0 amide bonds. The summed E-state index contributed by atoms with van der Waals surface area (Å²) in [7, 11) is 0. The minimum atomic E-state index is -0.326. The van der Waals surface area contributed by atoms with Crippen LogP contribution >= 0.6 is 0 Å². The zero-order valence-corrected chi connectivity index (χ0v) is 13.0. The molecule has 3 unspecified atom stereocenters. The highest BCUT2D eigenvalue weighted by Gasteiger charge is 2.20. The number of nitrogens with one attached hydrogen (secondary N) is 1. The molecular formula is C17H26N2O2. The number of hydrogen-bond donors (Lipinski definition) is 1. The highest BCUT2D eigenvalue weighted by atomic mass is 16.6. The highest BCUT2D eigenvalue weighted by Crippen LogP contribution is 2.27. The fourth-order valence-corrected chi connectivity index (χ4v) is 3.31. The van der Waals surface area contributed by atoms with E-state index in [1.165, 1.54) is 38.5 Å². The number of nitro groups is 1. The van der Waals surface area contributed by atoms with Crippen LogP contribution in [0.4, 0.5) is 5.69 Å². The Morgan fingerprint density at radius 3 is 2.86 bits per heavy atom. The van der Waals surface area contributed by atoms with Gasteiger partial charge in [-0.1, -0.05) is 38.3 Å². The van der Waals surface area contributed by atoms with Crippen molar-refractivity contribution in [3.05, 3.63) is 39.9 Å². The molecule has 21 heavy (non-hydrogen) atoms. The predicted molar refractivity (Wildman–Crippen MR) is 85.3 cm³/mol. The molecule has 1 aromatic carbocycles. The van der Waals surface area contributed by atoms with E-state index in [4.69, 9.17) is 0 Å². The van der Waals surface area contributed by atoms with Crippen molar-refractivity contribution in [2.45, 2.75) is 64.5 Å². The maximum Gasteiger partial charge on any atom is 0.269 e. The topological polar surface area (TPSA) is 55.2 Å².